The number of hydrogen-bond donors (Lipinski definition) is 1. The molecule has 32 heavy (non-hydrogen) atoms. The van der Waals surface area contributed by atoms with Gasteiger partial charge in [-0.1, -0.05) is 12.1 Å². The predicted molar refractivity (Wildman–Crippen MR) is 121 cm³/mol. The van der Waals surface area contributed by atoms with Gasteiger partial charge in [0.25, 0.3) is 0 Å². The fraction of sp³-hybridized carbons (Fsp3) is 0.174. The highest BCUT2D eigenvalue weighted by atomic mass is 32.2. The summed E-state index contributed by atoms with van der Waals surface area (Å²) in [5, 5.41) is 2.87. The van der Waals surface area contributed by atoms with Gasteiger partial charge in [-0.15, -0.1) is 0 Å². The van der Waals surface area contributed by atoms with Crippen LogP contribution in [0.3, 0.4) is 0 Å². The monoisotopic (exact) mass is 450 g/mol. The van der Waals surface area contributed by atoms with Crippen LogP contribution in [0.15, 0.2) is 78.1 Å². The second-order valence-corrected chi connectivity index (χ2v) is 9.29. The molecule has 164 valence electrons. The maximum atomic E-state index is 12.2. The van der Waals surface area contributed by atoms with Gasteiger partial charge in [0.05, 0.1) is 17.2 Å². The molecule has 9 heteroatoms. The molecule has 2 heterocycles. The maximum Gasteiger partial charge on any atom is 0.234 e. The normalized spacial score (nSPS) is 11.4. The molecule has 1 N–H and O–H groups in total. The fourth-order valence-electron chi connectivity index (χ4n) is 3.12. The Kier molecular flexibility index (Phi) is 6.18. The van der Waals surface area contributed by atoms with E-state index < -0.39 is 9.84 Å². The van der Waals surface area contributed by atoms with Gasteiger partial charge in [-0.05, 0) is 48.9 Å². The minimum Gasteiger partial charge on any atom is -0.494 e. The quantitative estimate of drug-likeness (QED) is 0.412. The number of rotatable bonds is 8. The minimum absolute atomic E-state index is 0.106. The van der Waals surface area contributed by atoms with E-state index in [1.165, 1.54) is 12.1 Å². The number of carbonyl (C=O) groups is 1. The molecule has 0 saturated carbocycles. The standard InChI is InChI=1S/C23H22N4O4S/c1-32(29,30)20-11-9-19(10-12-20)31-15-2-4-22(28)25-18-7-5-17(6-8-18)21-16-27-14-3-13-24-23(27)26-21/h3,5-14,16H,2,4,15H2,1H3,(H,25,28). The highest BCUT2D eigenvalue weighted by molar-refractivity contribution is 7.90. The summed E-state index contributed by atoms with van der Waals surface area (Å²) >= 11 is 0. The molecule has 4 rings (SSSR count). The number of nitrogens with zero attached hydrogens (tertiary/aromatic N) is 3. The Morgan fingerprint density at radius 3 is 2.53 bits per heavy atom. The van der Waals surface area contributed by atoms with Crippen LogP contribution in [0.2, 0.25) is 0 Å². The van der Waals surface area contributed by atoms with Gasteiger partial charge in [0.15, 0.2) is 9.84 Å². The van der Waals surface area contributed by atoms with Gasteiger partial charge >= 0.3 is 0 Å². The third-order valence-corrected chi connectivity index (χ3v) is 5.90. The van der Waals surface area contributed by atoms with E-state index in [1.54, 1.807) is 18.3 Å². The second kappa shape index (κ2) is 9.19. The summed E-state index contributed by atoms with van der Waals surface area (Å²) in [6, 6.07) is 15.6. The highest BCUT2D eigenvalue weighted by Crippen LogP contribution is 2.21. The van der Waals surface area contributed by atoms with Gasteiger partial charge in [-0.3, -0.25) is 9.20 Å². The van der Waals surface area contributed by atoms with Crippen molar-refractivity contribution in [1.82, 2.24) is 14.4 Å². The smallest absolute Gasteiger partial charge is 0.234 e. The molecule has 0 aliphatic rings. The number of benzene rings is 2. The average molecular weight is 451 g/mol. The molecule has 0 bridgehead atoms. The molecule has 0 atom stereocenters. The lowest BCUT2D eigenvalue weighted by Crippen LogP contribution is -2.12. The highest BCUT2D eigenvalue weighted by Gasteiger charge is 2.08. The van der Waals surface area contributed by atoms with E-state index >= 15 is 0 Å². The number of amides is 1. The van der Waals surface area contributed by atoms with E-state index in [-0.39, 0.29) is 10.8 Å². The Morgan fingerprint density at radius 2 is 1.84 bits per heavy atom. The molecule has 1 amide bonds. The first-order chi connectivity index (χ1) is 15.4. The van der Waals surface area contributed by atoms with Crippen LogP contribution < -0.4 is 10.1 Å². The summed E-state index contributed by atoms with van der Waals surface area (Å²) in [6.45, 7) is 0.354. The van der Waals surface area contributed by atoms with E-state index in [1.807, 2.05) is 47.1 Å². The van der Waals surface area contributed by atoms with Crippen LogP contribution in [0.1, 0.15) is 12.8 Å². The molecule has 8 nitrogen and oxygen atoms in total. The number of anilines is 1. The van der Waals surface area contributed by atoms with Crippen molar-refractivity contribution >= 4 is 27.2 Å². The van der Waals surface area contributed by atoms with Crippen molar-refractivity contribution in [3.8, 4) is 17.0 Å². The van der Waals surface area contributed by atoms with Gasteiger partial charge in [0, 0.05) is 42.5 Å². The van der Waals surface area contributed by atoms with E-state index in [0.29, 0.717) is 36.7 Å². The van der Waals surface area contributed by atoms with Crippen LogP contribution >= 0.6 is 0 Å². The Hall–Kier alpha value is -3.72. The molecule has 4 aromatic rings. The Labute approximate surface area is 185 Å². The summed E-state index contributed by atoms with van der Waals surface area (Å²) in [6.07, 6.45) is 7.50. The number of carbonyl (C=O) groups excluding carboxylic acids is 1. The molecule has 0 radical (unpaired) electrons. The topological polar surface area (TPSA) is 103 Å². The van der Waals surface area contributed by atoms with Crippen LogP contribution in [-0.2, 0) is 14.6 Å². The van der Waals surface area contributed by atoms with Crippen molar-refractivity contribution in [2.75, 3.05) is 18.2 Å². The third-order valence-electron chi connectivity index (χ3n) is 4.77. The van der Waals surface area contributed by atoms with Crippen molar-refractivity contribution in [1.29, 1.82) is 0 Å². The molecule has 0 aliphatic carbocycles. The predicted octanol–water partition coefficient (Wildman–Crippen LogP) is 3.60. The van der Waals surface area contributed by atoms with Gasteiger partial charge in [0.2, 0.25) is 11.7 Å². The summed E-state index contributed by atoms with van der Waals surface area (Å²) in [7, 11) is -3.23. The minimum atomic E-state index is -3.23. The molecule has 0 fully saturated rings. The van der Waals surface area contributed by atoms with Crippen LogP contribution in [0.25, 0.3) is 17.0 Å². The van der Waals surface area contributed by atoms with Crippen molar-refractivity contribution < 1.29 is 17.9 Å². The van der Waals surface area contributed by atoms with E-state index in [4.69, 9.17) is 4.74 Å². The number of nitrogens with one attached hydrogen (secondary N) is 1. The van der Waals surface area contributed by atoms with E-state index in [0.717, 1.165) is 17.5 Å². The molecular weight excluding hydrogens is 428 g/mol. The molecule has 2 aromatic carbocycles. The van der Waals surface area contributed by atoms with Gasteiger partial charge < -0.3 is 10.1 Å². The first-order valence-corrected chi connectivity index (χ1v) is 11.9. The zero-order valence-corrected chi connectivity index (χ0v) is 18.2. The first-order valence-electron chi connectivity index (χ1n) is 10.0. The zero-order valence-electron chi connectivity index (χ0n) is 17.4. The van der Waals surface area contributed by atoms with Crippen molar-refractivity contribution in [2.45, 2.75) is 17.7 Å². The zero-order chi connectivity index (χ0) is 22.6. The Bertz CT molecular complexity index is 1300. The molecule has 0 aliphatic heterocycles. The average Bonchev–Trinajstić information content (AvgIpc) is 3.21. The molecule has 0 spiro atoms. The maximum absolute atomic E-state index is 12.2. The number of hydrogen-bond acceptors (Lipinski definition) is 6. The fourth-order valence-corrected chi connectivity index (χ4v) is 3.75. The largest absolute Gasteiger partial charge is 0.494 e. The van der Waals surface area contributed by atoms with Crippen molar-refractivity contribution in [2.24, 2.45) is 0 Å². The number of ether oxygens (including phenoxy) is 1. The van der Waals surface area contributed by atoms with Gasteiger partial charge in [0.1, 0.15) is 5.75 Å². The van der Waals surface area contributed by atoms with Crippen molar-refractivity contribution in [3.05, 3.63) is 73.2 Å². The molecule has 0 unspecified atom stereocenters. The lowest BCUT2D eigenvalue weighted by molar-refractivity contribution is -0.116. The lowest BCUT2D eigenvalue weighted by atomic mass is 10.1. The summed E-state index contributed by atoms with van der Waals surface area (Å²) in [5.74, 6) is 1.09. The third kappa shape index (κ3) is 5.30. The van der Waals surface area contributed by atoms with E-state index in [9.17, 15) is 13.2 Å². The second-order valence-electron chi connectivity index (χ2n) is 7.27. The molecule has 2 aromatic heterocycles. The summed E-state index contributed by atoms with van der Waals surface area (Å²) in [5.41, 5.74) is 2.45. The summed E-state index contributed by atoms with van der Waals surface area (Å²) < 4.78 is 30.4. The van der Waals surface area contributed by atoms with E-state index in [2.05, 4.69) is 15.3 Å². The van der Waals surface area contributed by atoms with Gasteiger partial charge in [-0.25, -0.2) is 18.4 Å². The Balaban J connectivity index is 1.24. The van der Waals surface area contributed by atoms with Crippen LogP contribution in [0, 0.1) is 0 Å². The molecule has 0 saturated heterocycles. The number of sulfone groups is 1. The first kappa shape index (κ1) is 21.5. The summed E-state index contributed by atoms with van der Waals surface area (Å²) in [4.78, 5) is 21.1. The SMILES string of the molecule is CS(=O)(=O)c1ccc(OCCCC(=O)Nc2ccc(-c3cn4cccnc4n3)cc2)cc1. The lowest BCUT2D eigenvalue weighted by Gasteiger charge is -2.08. The number of aromatic nitrogens is 3. The van der Waals surface area contributed by atoms with Gasteiger partial charge in [-0.2, -0.15) is 0 Å². The number of fused-ring (bicyclic) bond motifs is 1. The van der Waals surface area contributed by atoms with Crippen LogP contribution in [-0.4, -0.2) is 41.6 Å². The van der Waals surface area contributed by atoms with Crippen molar-refractivity contribution in [3.63, 3.8) is 0 Å². The molecular formula is C23H22N4O4S. The number of imidazole rings is 1. The van der Waals surface area contributed by atoms with Crippen LogP contribution in [0.5, 0.6) is 5.75 Å². The Morgan fingerprint density at radius 1 is 1.09 bits per heavy atom. The van der Waals surface area contributed by atoms with Crippen LogP contribution in [0.4, 0.5) is 5.69 Å².